The zero-order chi connectivity index (χ0) is 18.1. The van der Waals surface area contributed by atoms with Crippen molar-refractivity contribution in [1.29, 1.82) is 0 Å². The fraction of sp³-hybridized carbons (Fsp3) is 0.500. The van der Waals surface area contributed by atoms with Crippen molar-refractivity contribution in [3.8, 4) is 0 Å². The SMILES string of the molecule is CC(NC(=O)CN1C(=O)C2CCCCC2C1=O)c1ccc(Cl)cc1Cl. The van der Waals surface area contributed by atoms with Gasteiger partial charge in [0.25, 0.3) is 0 Å². The van der Waals surface area contributed by atoms with Gasteiger partial charge in [0.2, 0.25) is 17.7 Å². The Morgan fingerprint density at radius 3 is 2.36 bits per heavy atom. The number of carbonyl (C=O) groups is 3. The van der Waals surface area contributed by atoms with Gasteiger partial charge >= 0.3 is 0 Å². The minimum absolute atomic E-state index is 0.206. The van der Waals surface area contributed by atoms with E-state index in [2.05, 4.69) is 5.32 Å². The van der Waals surface area contributed by atoms with Crippen molar-refractivity contribution in [3.63, 3.8) is 0 Å². The van der Waals surface area contributed by atoms with Gasteiger partial charge in [-0.2, -0.15) is 0 Å². The van der Waals surface area contributed by atoms with Crippen molar-refractivity contribution in [3.05, 3.63) is 33.8 Å². The summed E-state index contributed by atoms with van der Waals surface area (Å²) in [6.07, 6.45) is 3.41. The maximum Gasteiger partial charge on any atom is 0.240 e. The molecule has 0 radical (unpaired) electrons. The van der Waals surface area contributed by atoms with Crippen molar-refractivity contribution in [2.45, 2.75) is 38.6 Å². The van der Waals surface area contributed by atoms with Gasteiger partial charge in [-0.3, -0.25) is 19.3 Å². The third kappa shape index (κ3) is 3.67. The van der Waals surface area contributed by atoms with Gasteiger partial charge in [0, 0.05) is 10.0 Å². The summed E-state index contributed by atoms with van der Waals surface area (Å²) in [5.74, 6) is -1.27. The van der Waals surface area contributed by atoms with Crippen molar-refractivity contribution >= 4 is 40.9 Å². The van der Waals surface area contributed by atoms with Crippen LogP contribution in [0.5, 0.6) is 0 Å². The van der Waals surface area contributed by atoms with Crippen LogP contribution in [-0.4, -0.2) is 29.2 Å². The molecule has 1 saturated heterocycles. The number of fused-ring (bicyclic) bond motifs is 1. The lowest BCUT2D eigenvalue weighted by Crippen LogP contribution is -2.41. The van der Waals surface area contributed by atoms with E-state index in [0.717, 1.165) is 36.1 Å². The first kappa shape index (κ1) is 18.2. The molecule has 3 unspecified atom stereocenters. The van der Waals surface area contributed by atoms with Crippen molar-refractivity contribution in [1.82, 2.24) is 10.2 Å². The molecular formula is C18H20Cl2N2O3. The second-order valence-electron chi connectivity index (χ2n) is 6.72. The molecule has 2 fully saturated rings. The Kier molecular flexibility index (Phi) is 5.35. The van der Waals surface area contributed by atoms with E-state index in [1.165, 1.54) is 0 Å². The number of amides is 3. The molecule has 25 heavy (non-hydrogen) atoms. The van der Waals surface area contributed by atoms with Crippen molar-refractivity contribution in [2.24, 2.45) is 11.8 Å². The van der Waals surface area contributed by atoms with E-state index in [0.29, 0.717) is 10.0 Å². The zero-order valence-electron chi connectivity index (χ0n) is 13.9. The van der Waals surface area contributed by atoms with Gasteiger partial charge in [-0.05, 0) is 37.5 Å². The number of hydrogen-bond donors (Lipinski definition) is 1. The van der Waals surface area contributed by atoms with E-state index < -0.39 is 0 Å². The van der Waals surface area contributed by atoms with Crippen LogP contribution in [0.2, 0.25) is 10.0 Å². The van der Waals surface area contributed by atoms with Crippen LogP contribution in [-0.2, 0) is 14.4 Å². The van der Waals surface area contributed by atoms with Crippen molar-refractivity contribution < 1.29 is 14.4 Å². The molecule has 1 aromatic carbocycles. The minimum atomic E-state index is -0.376. The van der Waals surface area contributed by atoms with Crippen LogP contribution < -0.4 is 5.32 Å². The Balaban J connectivity index is 1.64. The average molecular weight is 383 g/mol. The number of halogens is 2. The highest BCUT2D eigenvalue weighted by atomic mass is 35.5. The molecule has 1 aliphatic carbocycles. The summed E-state index contributed by atoms with van der Waals surface area (Å²) >= 11 is 12.0. The number of imide groups is 1. The van der Waals surface area contributed by atoms with Gasteiger partial charge in [-0.25, -0.2) is 0 Å². The maximum absolute atomic E-state index is 12.4. The number of rotatable bonds is 4. The second kappa shape index (κ2) is 7.34. The summed E-state index contributed by atoms with van der Waals surface area (Å²) in [7, 11) is 0. The molecule has 7 heteroatoms. The molecule has 1 heterocycles. The Morgan fingerprint density at radius 1 is 1.20 bits per heavy atom. The van der Waals surface area contributed by atoms with Gasteiger partial charge < -0.3 is 5.32 Å². The molecule has 1 aromatic rings. The predicted molar refractivity (Wildman–Crippen MR) is 95.2 cm³/mol. The molecule has 0 aromatic heterocycles. The largest absolute Gasteiger partial charge is 0.348 e. The molecule has 1 aliphatic heterocycles. The molecule has 5 nitrogen and oxygen atoms in total. The third-order valence-corrected chi connectivity index (χ3v) is 5.60. The molecule has 3 amide bonds. The Hall–Kier alpha value is -1.59. The van der Waals surface area contributed by atoms with Crippen molar-refractivity contribution in [2.75, 3.05) is 6.54 Å². The van der Waals surface area contributed by atoms with Crippen LogP contribution in [0.4, 0.5) is 0 Å². The smallest absolute Gasteiger partial charge is 0.240 e. The minimum Gasteiger partial charge on any atom is -0.348 e. The monoisotopic (exact) mass is 382 g/mol. The van der Waals surface area contributed by atoms with Gasteiger partial charge in [-0.15, -0.1) is 0 Å². The first-order valence-corrected chi connectivity index (χ1v) is 9.23. The summed E-state index contributed by atoms with van der Waals surface area (Å²) in [6.45, 7) is 1.56. The lowest BCUT2D eigenvalue weighted by Gasteiger charge is -2.19. The molecule has 2 aliphatic rings. The maximum atomic E-state index is 12.4. The molecular weight excluding hydrogens is 363 g/mol. The molecule has 3 rings (SSSR count). The fourth-order valence-electron chi connectivity index (χ4n) is 3.75. The van der Waals surface area contributed by atoms with E-state index >= 15 is 0 Å². The number of likely N-dealkylation sites (tertiary alicyclic amines) is 1. The van der Waals surface area contributed by atoms with E-state index in [4.69, 9.17) is 23.2 Å². The third-order valence-electron chi connectivity index (χ3n) is 5.04. The second-order valence-corrected chi connectivity index (χ2v) is 7.56. The summed E-state index contributed by atoms with van der Waals surface area (Å²) in [5.41, 5.74) is 0.729. The normalized spacial score (nSPS) is 24.2. The standard InChI is InChI=1S/C18H20Cl2N2O3/c1-10(12-7-6-11(19)8-15(12)20)21-16(23)9-22-17(24)13-4-2-3-5-14(13)18(22)25/h6-8,10,13-14H,2-5,9H2,1H3,(H,21,23). The first-order valence-electron chi connectivity index (χ1n) is 8.48. The number of nitrogens with one attached hydrogen (secondary N) is 1. The number of carbonyl (C=O) groups excluding carboxylic acids is 3. The molecule has 0 bridgehead atoms. The summed E-state index contributed by atoms with van der Waals surface area (Å²) in [4.78, 5) is 38.3. The Bertz CT molecular complexity index is 698. The van der Waals surface area contributed by atoms with Crippen LogP contribution in [0.3, 0.4) is 0 Å². The average Bonchev–Trinajstić information content (AvgIpc) is 2.80. The van der Waals surface area contributed by atoms with Crippen LogP contribution >= 0.6 is 23.2 Å². The van der Waals surface area contributed by atoms with Crippen LogP contribution in [0.15, 0.2) is 18.2 Å². The summed E-state index contributed by atoms with van der Waals surface area (Å²) in [5, 5.41) is 3.77. The predicted octanol–water partition coefficient (Wildman–Crippen LogP) is 3.35. The highest BCUT2D eigenvalue weighted by Crippen LogP contribution is 2.37. The van der Waals surface area contributed by atoms with Crippen LogP contribution in [0.1, 0.15) is 44.2 Å². The molecule has 134 valence electrons. The number of benzene rings is 1. The first-order chi connectivity index (χ1) is 11.9. The highest BCUT2D eigenvalue weighted by Gasteiger charge is 2.48. The number of hydrogen-bond acceptors (Lipinski definition) is 3. The van der Waals surface area contributed by atoms with Gasteiger partial charge in [-0.1, -0.05) is 42.1 Å². The summed E-state index contributed by atoms with van der Waals surface area (Å²) in [6, 6.07) is 4.70. The molecule has 1 saturated carbocycles. The molecule has 3 atom stereocenters. The van der Waals surface area contributed by atoms with E-state index in [1.807, 2.05) is 0 Å². The number of nitrogens with zero attached hydrogens (tertiary/aromatic N) is 1. The van der Waals surface area contributed by atoms with Crippen LogP contribution in [0, 0.1) is 11.8 Å². The Morgan fingerprint density at radius 2 is 1.80 bits per heavy atom. The van der Waals surface area contributed by atoms with Gasteiger partial charge in [0.05, 0.1) is 17.9 Å². The Labute approximate surface area is 156 Å². The van der Waals surface area contributed by atoms with Crippen LogP contribution in [0.25, 0.3) is 0 Å². The van der Waals surface area contributed by atoms with E-state index in [1.54, 1.807) is 25.1 Å². The van der Waals surface area contributed by atoms with E-state index in [-0.39, 0.29) is 42.1 Å². The van der Waals surface area contributed by atoms with E-state index in [9.17, 15) is 14.4 Å². The lowest BCUT2D eigenvalue weighted by atomic mass is 9.81. The lowest BCUT2D eigenvalue weighted by molar-refractivity contribution is -0.143. The van der Waals surface area contributed by atoms with Gasteiger partial charge in [0.15, 0.2) is 0 Å². The zero-order valence-corrected chi connectivity index (χ0v) is 15.4. The van der Waals surface area contributed by atoms with Gasteiger partial charge in [0.1, 0.15) is 6.54 Å². The highest BCUT2D eigenvalue weighted by molar-refractivity contribution is 6.35. The topological polar surface area (TPSA) is 66.5 Å². The fourth-order valence-corrected chi connectivity index (χ4v) is 4.32. The quantitative estimate of drug-likeness (QED) is 0.811. The summed E-state index contributed by atoms with van der Waals surface area (Å²) < 4.78 is 0. The molecule has 1 N–H and O–H groups in total. The molecule has 0 spiro atoms.